The van der Waals surface area contributed by atoms with Crippen molar-refractivity contribution in [1.82, 2.24) is 5.32 Å². The number of amides is 1. The van der Waals surface area contributed by atoms with Crippen LogP contribution in [0.1, 0.15) is 13.8 Å². The molecule has 0 saturated heterocycles. The van der Waals surface area contributed by atoms with Crippen molar-refractivity contribution in [3.8, 4) is 0 Å². The molecule has 1 aromatic rings. The van der Waals surface area contributed by atoms with E-state index in [1.807, 2.05) is 13.8 Å². The van der Waals surface area contributed by atoms with Crippen LogP contribution in [0.3, 0.4) is 0 Å². The van der Waals surface area contributed by atoms with E-state index in [2.05, 4.69) is 16.0 Å². The van der Waals surface area contributed by atoms with E-state index in [0.717, 1.165) is 0 Å². The molecule has 0 aromatic heterocycles. The number of carbonyl (C=O) groups is 1. The number of likely N-dealkylation sites (N-methyl/N-ethyl adjacent to an activating group) is 1. The van der Waals surface area contributed by atoms with Gasteiger partial charge in [0.25, 0.3) is 0 Å². The van der Waals surface area contributed by atoms with Crippen LogP contribution >= 0.6 is 24.8 Å². The van der Waals surface area contributed by atoms with Gasteiger partial charge in [-0.3, -0.25) is 4.79 Å². The van der Waals surface area contributed by atoms with Gasteiger partial charge in [-0.25, -0.2) is 4.39 Å². The Morgan fingerprint density at radius 3 is 2.42 bits per heavy atom. The van der Waals surface area contributed by atoms with E-state index in [1.165, 1.54) is 12.1 Å². The molecule has 0 aliphatic carbocycles. The van der Waals surface area contributed by atoms with Crippen molar-refractivity contribution in [3.05, 3.63) is 24.0 Å². The monoisotopic (exact) mass is 311 g/mol. The molecule has 1 amide bonds. The smallest absolute Gasteiger partial charge is 0.238 e. The number of hydrogen-bond acceptors (Lipinski definition) is 3. The zero-order chi connectivity index (χ0) is 12.8. The third-order valence-corrected chi connectivity index (χ3v) is 2.04. The fourth-order valence-electron chi connectivity index (χ4n) is 1.41. The summed E-state index contributed by atoms with van der Waals surface area (Å²) in [5.41, 5.74) is 1.17. The first-order valence-corrected chi connectivity index (χ1v) is 5.53. The third kappa shape index (κ3) is 7.20. The Hall–Kier alpha value is -1.04. The van der Waals surface area contributed by atoms with Gasteiger partial charge >= 0.3 is 0 Å². The van der Waals surface area contributed by atoms with Gasteiger partial charge in [0.15, 0.2) is 0 Å². The topological polar surface area (TPSA) is 53.2 Å². The summed E-state index contributed by atoms with van der Waals surface area (Å²) in [4.78, 5) is 11.4. The Bertz CT molecular complexity index is 403. The molecular formula is C12H20Cl2FN3O. The molecule has 4 nitrogen and oxygen atoms in total. The summed E-state index contributed by atoms with van der Waals surface area (Å²) in [5.74, 6) is -0.580. The van der Waals surface area contributed by atoms with Gasteiger partial charge in [0, 0.05) is 6.04 Å². The van der Waals surface area contributed by atoms with E-state index in [0.29, 0.717) is 11.4 Å². The minimum Gasteiger partial charge on any atom is -0.381 e. The second kappa shape index (κ2) is 9.83. The molecule has 7 heteroatoms. The van der Waals surface area contributed by atoms with Gasteiger partial charge in [-0.15, -0.1) is 24.8 Å². The van der Waals surface area contributed by atoms with Crippen molar-refractivity contribution in [2.75, 3.05) is 24.2 Å². The van der Waals surface area contributed by atoms with Crippen molar-refractivity contribution < 1.29 is 9.18 Å². The molecule has 0 aliphatic rings. The summed E-state index contributed by atoms with van der Waals surface area (Å²) in [6, 6.07) is 4.49. The lowest BCUT2D eigenvalue weighted by Gasteiger charge is -2.15. The molecule has 3 N–H and O–H groups in total. The maximum atomic E-state index is 13.1. The third-order valence-electron chi connectivity index (χ3n) is 2.04. The molecule has 0 heterocycles. The molecule has 0 aliphatic heterocycles. The molecule has 0 spiro atoms. The summed E-state index contributed by atoms with van der Waals surface area (Å²) < 4.78 is 13.1. The van der Waals surface area contributed by atoms with E-state index < -0.39 is 0 Å². The molecule has 0 radical (unpaired) electrons. The van der Waals surface area contributed by atoms with Crippen LogP contribution < -0.4 is 16.0 Å². The first-order chi connectivity index (χ1) is 8.02. The minimum atomic E-state index is -0.376. The average Bonchev–Trinajstić information content (AvgIpc) is 2.22. The molecule has 0 atom stereocenters. The van der Waals surface area contributed by atoms with Crippen LogP contribution in [0, 0.1) is 5.82 Å². The second-order valence-corrected chi connectivity index (χ2v) is 4.07. The summed E-state index contributed by atoms with van der Waals surface area (Å²) in [7, 11) is 1.68. The van der Waals surface area contributed by atoms with Gasteiger partial charge in [-0.1, -0.05) is 0 Å². The van der Waals surface area contributed by atoms with Gasteiger partial charge < -0.3 is 16.0 Å². The Morgan fingerprint density at radius 2 is 1.89 bits per heavy atom. The van der Waals surface area contributed by atoms with Crippen LogP contribution in [0.25, 0.3) is 0 Å². The standard InChI is InChI=1S/C12H18FN3O.2ClH/c1-8(2)15-10-5-4-9(13)6-11(10)16-12(17)7-14-3;;/h4-6,8,14-15H,7H2,1-3H3,(H,16,17);2*1H. The molecule has 0 unspecified atom stereocenters. The highest BCUT2D eigenvalue weighted by molar-refractivity contribution is 5.95. The van der Waals surface area contributed by atoms with Crippen molar-refractivity contribution in [3.63, 3.8) is 0 Å². The Kier molecular flexibility index (Phi) is 10.5. The maximum absolute atomic E-state index is 13.1. The van der Waals surface area contributed by atoms with Crippen LogP contribution in [-0.2, 0) is 4.79 Å². The van der Waals surface area contributed by atoms with Crippen molar-refractivity contribution in [2.45, 2.75) is 19.9 Å². The van der Waals surface area contributed by atoms with Gasteiger partial charge in [-0.2, -0.15) is 0 Å². The van der Waals surface area contributed by atoms with Crippen molar-refractivity contribution >= 4 is 42.1 Å². The van der Waals surface area contributed by atoms with Crippen LogP contribution in [0.4, 0.5) is 15.8 Å². The number of anilines is 2. The fourth-order valence-corrected chi connectivity index (χ4v) is 1.41. The first-order valence-electron chi connectivity index (χ1n) is 5.53. The van der Waals surface area contributed by atoms with Gasteiger partial charge in [0.2, 0.25) is 5.91 Å². The molecule has 1 aromatic carbocycles. The zero-order valence-corrected chi connectivity index (χ0v) is 12.8. The molecule has 0 bridgehead atoms. The quantitative estimate of drug-likeness (QED) is 0.783. The highest BCUT2D eigenvalue weighted by Gasteiger charge is 2.08. The van der Waals surface area contributed by atoms with Gasteiger partial charge in [0.05, 0.1) is 17.9 Å². The highest BCUT2D eigenvalue weighted by atomic mass is 35.5. The Labute approximate surface area is 125 Å². The predicted molar refractivity (Wildman–Crippen MR) is 82.2 cm³/mol. The largest absolute Gasteiger partial charge is 0.381 e. The zero-order valence-electron chi connectivity index (χ0n) is 11.1. The Balaban J connectivity index is 0. The average molecular weight is 312 g/mol. The minimum absolute atomic E-state index is 0. The summed E-state index contributed by atoms with van der Waals surface area (Å²) in [5, 5.41) is 8.54. The molecule has 110 valence electrons. The van der Waals surface area contributed by atoms with Crippen LogP contribution in [0.5, 0.6) is 0 Å². The number of halogens is 3. The second-order valence-electron chi connectivity index (χ2n) is 4.07. The first kappa shape index (κ1) is 20.3. The summed E-state index contributed by atoms with van der Waals surface area (Å²) >= 11 is 0. The van der Waals surface area contributed by atoms with E-state index in [1.54, 1.807) is 13.1 Å². The van der Waals surface area contributed by atoms with Crippen LogP contribution in [-0.4, -0.2) is 25.5 Å². The van der Waals surface area contributed by atoms with Crippen molar-refractivity contribution in [2.24, 2.45) is 0 Å². The highest BCUT2D eigenvalue weighted by Crippen LogP contribution is 2.23. The number of nitrogens with one attached hydrogen (secondary N) is 3. The lowest BCUT2D eigenvalue weighted by Crippen LogP contribution is -2.25. The van der Waals surface area contributed by atoms with Crippen LogP contribution in [0.15, 0.2) is 18.2 Å². The molecule has 1 rings (SSSR count). The molecular weight excluding hydrogens is 292 g/mol. The molecule has 19 heavy (non-hydrogen) atoms. The number of carbonyl (C=O) groups excluding carboxylic acids is 1. The molecule has 0 fully saturated rings. The maximum Gasteiger partial charge on any atom is 0.238 e. The Morgan fingerprint density at radius 1 is 1.26 bits per heavy atom. The normalized spacial score (nSPS) is 9.32. The number of benzene rings is 1. The lowest BCUT2D eigenvalue weighted by molar-refractivity contribution is -0.115. The van der Waals surface area contributed by atoms with E-state index in [9.17, 15) is 9.18 Å². The fraction of sp³-hybridized carbons (Fsp3) is 0.417. The summed E-state index contributed by atoms with van der Waals surface area (Å²) in [6.07, 6.45) is 0. The van der Waals surface area contributed by atoms with Crippen LogP contribution in [0.2, 0.25) is 0 Å². The lowest BCUT2D eigenvalue weighted by atomic mass is 10.2. The predicted octanol–water partition coefficient (Wildman–Crippen LogP) is 2.65. The van der Waals surface area contributed by atoms with E-state index >= 15 is 0 Å². The van der Waals surface area contributed by atoms with Crippen molar-refractivity contribution in [1.29, 1.82) is 0 Å². The number of rotatable bonds is 5. The van der Waals surface area contributed by atoms with E-state index in [4.69, 9.17) is 0 Å². The van der Waals surface area contributed by atoms with E-state index in [-0.39, 0.29) is 49.1 Å². The van der Waals surface area contributed by atoms with Gasteiger partial charge in [-0.05, 0) is 39.1 Å². The van der Waals surface area contributed by atoms with Gasteiger partial charge in [0.1, 0.15) is 5.82 Å². The summed E-state index contributed by atoms with van der Waals surface area (Å²) in [6.45, 7) is 4.14. The number of hydrogen-bond donors (Lipinski definition) is 3. The SMILES string of the molecule is CNCC(=O)Nc1cc(F)ccc1NC(C)C.Cl.Cl. The molecule has 0 saturated carbocycles.